The highest BCUT2D eigenvalue weighted by molar-refractivity contribution is 6.62. The van der Waals surface area contributed by atoms with Gasteiger partial charge in [0.2, 0.25) is 0 Å². The van der Waals surface area contributed by atoms with Crippen LogP contribution < -0.4 is 10.8 Å². The lowest BCUT2D eigenvalue weighted by Crippen LogP contribution is -2.41. The van der Waals surface area contributed by atoms with E-state index < -0.39 is 7.12 Å². The van der Waals surface area contributed by atoms with E-state index in [-0.39, 0.29) is 28.4 Å². The van der Waals surface area contributed by atoms with Gasteiger partial charge < -0.3 is 19.1 Å². The van der Waals surface area contributed by atoms with Crippen LogP contribution in [-0.2, 0) is 21.3 Å². The van der Waals surface area contributed by atoms with Gasteiger partial charge in [0.05, 0.1) is 11.2 Å². The molecule has 2 aromatic rings. The normalized spacial score (nSPS) is 21.2. The number of carbonyl (C=O) groups excluding carboxylic acids is 1. The van der Waals surface area contributed by atoms with E-state index in [0.717, 1.165) is 29.4 Å². The summed E-state index contributed by atoms with van der Waals surface area (Å²) >= 11 is 0. The van der Waals surface area contributed by atoms with Gasteiger partial charge >= 0.3 is 18.9 Å². The summed E-state index contributed by atoms with van der Waals surface area (Å²) in [5.74, 6) is 0.271. The Bertz CT molecular complexity index is 933. The fourth-order valence-electron chi connectivity index (χ4n) is 3.27. The van der Waals surface area contributed by atoms with Gasteiger partial charge in [-0.1, -0.05) is 30.3 Å². The molecule has 29 heavy (non-hydrogen) atoms. The van der Waals surface area contributed by atoms with Crippen molar-refractivity contribution in [3.05, 3.63) is 41.0 Å². The molecule has 2 aliphatic rings. The van der Waals surface area contributed by atoms with Crippen molar-refractivity contribution in [3.8, 4) is 0 Å². The summed E-state index contributed by atoms with van der Waals surface area (Å²) in [6, 6.07) is 6.01. The average Bonchev–Trinajstić information content (AvgIpc) is 3.11. The SMILES string of the molecule is Cc1cc(B2OC(C)(C)C(C)(C)O2)ccc1CNC(=O)c1nc(C2(C)CC2)no1. The zero-order valence-electron chi connectivity index (χ0n) is 18.0. The number of hydrogen-bond donors (Lipinski definition) is 1. The van der Waals surface area contributed by atoms with E-state index in [2.05, 4.69) is 22.4 Å². The van der Waals surface area contributed by atoms with Crippen molar-refractivity contribution in [1.29, 1.82) is 0 Å². The Balaban J connectivity index is 1.40. The number of nitrogens with one attached hydrogen (secondary N) is 1. The van der Waals surface area contributed by atoms with Crippen molar-refractivity contribution in [1.82, 2.24) is 15.5 Å². The first-order valence-corrected chi connectivity index (χ1v) is 10.1. The maximum atomic E-state index is 12.4. The fraction of sp³-hybridized carbons (Fsp3) is 0.571. The molecule has 1 amide bonds. The summed E-state index contributed by atoms with van der Waals surface area (Å²) < 4.78 is 17.4. The molecule has 1 aromatic carbocycles. The Morgan fingerprint density at radius 1 is 1.14 bits per heavy atom. The average molecular weight is 397 g/mol. The Labute approximate surface area is 171 Å². The van der Waals surface area contributed by atoms with Gasteiger partial charge in [-0.3, -0.25) is 4.79 Å². The van der Waals surface area contributed by atoms with Gasteiger partial charge in [0.25, 0.3) is 0 Å². The van der Waals surface area contributed by atoms with E-state index in [4.69, 9.17) is 13.8 Å². The summed E-state index contributed by atoms with van der Waals surface area (Å²) in [6.07, 6.45) is 2.06. The molecule has 2 heterocycles. The summed E-state index contributed by atoms with van der Waals surface area (Å²) in [4.78, 5) is 16.6. The lowest BCUT2D eigenvalue weighted by molar-refractivity contribution is 0.00578. The quantitative estimate of drug-likeness (QED) is 0.781. The van der Waals surface area contributed by atoms with Crippen LogP contribution >= 0.6 is 0 Å². The summed E-state index contributed by atoms with van der Waals surface area (Å²) in [5.41, 5.74) is 2.25. The van der Waals surface area contributed by atoms with E-state index in [1.54, 1.807) is 0 Å². The summed E-state index contributed by atoms with van der Waals surface area (Å²) in [5, 5.41) is 6.81. The molecule has 154 valence electrons. The largest absolute Gasteiger partial charge is 0.494 e. The van der Waals surface area contributed by atoms with Crippen LogP contribution in [0.25, 0.3) is 0 Å². The van der Waals surface area contributed by atoms with Crippen LogP contribution in [-0.4, -0.2) is 34.4 Å². The molecule has 1 N–H and O–H groups in total. The number of aryl methyl sites for hydroxylation is 1. The first-order valence-electron chi connectivity index (χ1n) is 10.1. The number of aromatic nitrogens is 2. The molecule has 1 aliphatic heterocycles. The van der Waals surface area contributed by atoms with Crippen molar-refractivity contribution >= 4 is 18.5 Å². The molecule has 4 rings (SSSR count). The monoisotopic (exact) mass is 397 g/mol. The smallest absolute Gasteiger partial charge is 0.399 e. The van der Waals surface area contributed by atoms with Crippen LogP contribution in [0.2, 0.25) is 0 Å². The van der Waals surface area contributed by atoms with E-state index >= 15 is 0 Å². The molecule has 1 saturated heterocycles. The van der Waals surface area contributed by atoms with Crippen LogP contribution in [0, 0.1) is 6.92 Å². The standard InChI is InChI=1S/C21H28BN3O4/c1-13-11-15(22-28-19(2,3)20(4,5)29-22)8-7-14(13)12-23-16(26)17-24-18(25-27-17)21(6)9-10-21/h7-8,11H,9-10,12H2,1-6H3,(H,23,26). The van der Waals surface area contributed by atoms with Crippen LogP contribution in [0.15, 0.2) is 22.7 Å². The lowest BCUT2D eigenvalue weighted by Gasteiger charge is -2.32. The number of nitrogens with zero attached hydrogens (tertiary/aromatic N) is 2. The molecule has 1 aliphatic carbocycles. The van der Waals surface area contributed by atoms with Crippen molar-refractivity contribution in [2.75, 3.05) is 0 Å². The second-order valence-electron chi connectivity index (χ2n) is 9.44. The number of benzene rings is 1. The van der Waals surface area contributed by atoms with Gasteiger partial charge in [0.1, 0.15) is 0 Å². The molecule has 8 heteroatoms. The van der Waals surface area contributed by atoms with Crippen LogP contribution in [0.1, 0.15) is 75.1 Å². The minimum atomic E-state index is -0.400. The van der Waals surface area contributed by atoms with E-state index in [9.17, 15) is 4.79 Å². The highest BCUT2D eigenvalue weighted by Gasteiger charge is 2.51. The summed E-state index contributed by atoms with van der Waals surface area (Å²) in [6.45, 7) is 12.6. The van der Waals surface area contributed by atoms with Crippen molar-refractivity contribution in [2.24, 2.45) is 0 Å². The first kappa shape index (κ1) is 20.1. The molecule has 0 unspecified atom stereocenters. The number of rotatable bonds is 5. The third kappa shape index (κ3) is 3.71. The van der Waals surface area contributed by atoms with Gasteiger partial charge in [-0.25, -0.2) is 0 Å². The second-order valence-corrected chi connectivity index (χ2v) is 9.44. The van der Waals surface area contributed by atoms with Gasteiger partial charge in [-0.05, 0) is 64.1 Å². The Kier molecular flexibility index (Phi) is 4.62. The van der Waals surface area contributed by atoms with Gasteiger partial charge in [-0.15, -0.1) is 0 Å². The first-order chi connectivity index (χ1) is 13.5. The van der Waals surface area contributed by atoms with Crippen LogP contribution in [0.5, 0.6) is 0 Å². The van der Waals surface area contributed by atoms with Gasteiger partial charge in [-0.2, -0.15) is 4.98 Å². The Morgan fingerprint density at radius 2 is 1.79 bits per heavy atom. The third-order valence-electron chi connectivity index (χ3n) is 6.49. The minimum Gasteiger partial charge on any atom is -0.399 e. The molecule has 7 nitrogen and oxygen atoms in total. The van der Waals surface area contributed by atoms with Crippen LogP contribution in [0.4, 0.5) is 0 Å². The van der Waals surface area contributed by atoms with Crippen molar-refractivity contribution in [2.45, 2.75) is 77.5 Å². The lowest BCUT2D eigenvalue weighted by atomic mass is 9.78. The Hall–Kier alpha value is -2.19. The topological polar surface area (TPSA) is 86.5 Å². The molecular formula is C21H28BN3O4. The maximum Gasteiger partial charge on any atom is 0.494 e. The predicted octanol–water partition coefficient (Wildman–Crippen LogP) is 2.66. The second kappa shape index (κ2) is 6.67. The van der Waals surface area contributed by atoms with Crippen molar-refractivity contribution in [3.63, 3.8) is 0 Å². The van der Waals surface area contributed by atoms with Crippen LogP contribution in [0.3, 0.4) is 0 Å². The number of hydrogen-bond acceptors (Lipinski definition) is 6. The summed E-state index contributed by atoms with van der Waals surface area (Å²) in [7, 11) is -0.400. The molecular weight excluding hydrogens is 369 g/mol. The predicted molar refractivity (Wildman–Crippen MR) is 109 cm³/mol. The third-order valence-corrected chi connectivity index (χ3v) is 6.49. The molecule has 1 saturated carbocycles. The maximum absolute atomic E-state index is 12.4. The highest BCUT2D eigenvalue weighted by Crippen LogP contribution is 2.45. The molecule has 1 aromatic heterocycles. The van der Waals surface area contributed by atoms with Gasteiger partial charge in [0, 0.05) is 12.0 Å². The van der Waals surface area contributed by atoms with Crippen molar-refractivity contribution < 1.29 is 18.6 Å². The molecule has 0 spiro atoms. The minimum absolute atomic E-state index is 0.0135. The Morgan fingerprint density at radius 3 is 2.38 bits per heavy atom. The highest BCUT2D eigenvalue weighted by atomic mass is 16.7. The molecule has 0 atom stereocenters. The number of amides is 1. The zero-order chi connectivity index (χ0) is 21.0. The molecule has 2 fully saturated rings. The fourth-order valence-corrected chi connectivity index (χ4v) is 3.27. The molecule has 0 radical (unpaired) electrons. The molecule has 0 bridgehead atoms. The van der Waals surface area contributed by atoms with Gasteiger partial charge in [0.15, 0.2) is 5.82 Å². The van der Waals surface area contributed by atoms with E-state index in [1.165, 1.54) is 0 Å². The van der Waals surface area contributed by atoms with E-state index in [1.807, 2.05) is 52.8 Å². The van der Waals surface area contributed by atoms with E-state index in [0.29, 0.717) is 12.4 Å². The zero-order valence-corrected chi connectivity index (χ0v) is 18.0. The number of carbonyl (C=O) groups is 1.